The molecule has 5 heteroatoms. The monoisotopic (exact) mass is 315 g/mol. The van der Waals surface area contributed by atoms with Gasteiger partial charge in [-0.2, -0.15) is 4.31 Å². The second-order valence-corrected chi connectivity index (χ2v) is 7.71. The summed E-state index contributed by atoms with van der Waals surface area (Å²) < 4.78 is 26.9. The van der Waals surface area contributed by atoms with Gasteiger partial charge in [-0.1, -0.05) is 37.1 Å². The first kappa shape index (κ1) is 15.8. The highest BCUT2D eigenvalue weighted by atomic mass is 35.5. The van der Waals surface area contributed by atoms with Crippen molar-refractivity contribution in [2.45, 2.75) is 50.3 Å². The molecule has 0 bridgehead atoms. The van der Waals surface area contributed by atoms with Crippen molar-refractivity contribution in [2.75, 3.05) is 6.54 Å². The molecule has 1 aromatic carbocycles. The van der Waals surface area contributed by atoms with Crippen LogP contribution in [0.2, 0.25) is 0 Å². The fourth-order valence-corrected chi connectivity index (χ4v) is 4.75. The van der Waals surface area contributed by atoms with Gasteiger partial charge in [0.05, 0.1) is 5.75 Å². The number of hydrogen-bond donors (Lipinski definition) is 0. The van der Waals surface area contributed by atoms with Crippen LogP contribution in [-0.2, 0) is 21.7 Å². The molecule has 2 rings (SSSR count). The number of nitrogens with zero attached hydrogens (tertiary/aromatic N) is 1. The van der Waals surface area contributed by atoms with Crippen LogP contribution < -0.4 is 0 Å². The van der Waals surface area contributed by atoms with Gasteiger partial charge in [-0.25, -0.2) is 8.42 Å². The van der Waals surface area contributed by atoms with Crippen LogP contribution in [-0.4, -0.2) is 25.3 Å². The smallest absolute Gasteiger partial charge is 0.212 e. The molecule has 1 heterocycles. The Balaban J connectivity index is 2.16. The molecule has 3 nitrogen and oxygen atoms in total. The van der Waals surface area contributed by atoms with Crippen LogP contribution in [0.3, 0.4) is 0 Å². The van der Waals surface area contributed by atoms with Gasteiger partial charge >= 0.3 is 0 Å². The van der Waals surface area contributed by atoms with Gasteiger partial charge in [0.1, 0.15) is 0 Å². The second kappa shape index (κ2) is 6.92. The molecule has 1 unspecified atom stereocenters. The first-order chi connectivity index (χ1) is 9.53. The Kier molecular flexibility index (Phi) is 5.47. The molecule has 112 valence electrons. The summed E-state index contributed by atoms with van der Waals surface area (Å²) in [6.45, 7) is 2.66. The van der Waals surface area contributed by atoms with E-state index in [-0.39, 0.29) is 11.8 Å². The van der Waals surface area contributed by atoms with Crippen molar-refractivity contribution in [3.63, 3.8) is 0 Å². The zero-order chi connectivity index (χ0) is 14.6. The maximum absolute atomic E-state index is 12.6. The van der Waals surface area contributed by atoms with Gasteiger partial charge in [0.15, 0.2) is 0 Å². The maximum atomic E-state index is 12.6. The fraction of sp³-hybridized carbons (Fsp3) is 0.600. The second-order valence-electron chi connectivity index (χ2n) is 5.52. The van der Waals surface area contributed by atoms with E-state index in [1.165, 1.54) is 0 Å². The molecule has 1 aromatic rings. The largest absolute Gasteiger partial charge is 0.218 e. The Morgan fingerprint density at radius 1 is 1.25 bits per heavy atom. The van der Waals surface area contributed by atoms with Crippen LogP contribution in [0.1, 0.15) is 43.7 Å². The third-order valence-electron chi connectivity index (χ3n) is 3.84. The van der Waals surface area contributed by atoms with Gasteiger partial charge < -0.3 is 0 Å². The molecule has 0 aromatic heterocycles. The van der Waals surface area contributed by atoms with Crippen molar-refractivity contribution in [3.05, 3.63) is 35.4 Å². The Bertz CT molecular complexity index is 545. The van der Waals surface area contributed by atoms with E-state index in [9.17, 15) is 8.42 Å². The highest BCUT2D eigenvalue weighted by Gasteiger charge is 2.28. The van der Waals surface area contributed by atoms with Crippen LogP contribution in [0.4, 0.5) is 0 Å². The average Bonchev–Trinajstić information content (AvgIpc) is 2.63. The quantitative estimate of drug-likeness (QED) is 0.797. The standard InChI is InChI=1S/C15H22ClNO2S/c1-13-6-3-2-4-9-17(13)20(18,19)12-15-8-5-7-14(10-15)11-16/h5,7-8,10,13H,2-4,6,9,11-12H2,1H3. The summed E-state index contributed by atoms with van der Waals surface area (Å²) in [7, 11) is -3.24. The number of alkyl halides is 1. The van der Waals surface area contributed by atoms with Crippen LogP contribution in [0.15, 0.2) is 24.3 Å². The highest BCUT2D eigenvalue weighted by Crippen LogP contribution is 2.22. The van der Waals surface area contributed by atoms with E-state index in [1.54, 1.807) is 4.31 Å². The van der Waals surface area contributed by atoms with Crippen molar-refractivity contribution in [1.29, 1.82) is 0 Å². The van der Waals surface area contributed by atoms with Crippen molar-refractivity contribution in [1.82, 2.24) is 4.31 Å². The van der Waals surface area contributed by atoms with E-state index >= 15 is 0 Å². The minimum atomic E-state index is -3.24. The van der Waals surface area contributed by atoms with Crippen molar-refractivity contribution < 1.29 is 8.42 Å². The highest BCUT2D eigenvalue weighted by molar-refractivity contribution is 7.88. The van der Waals surface area contributed by atoms with Gasteiger partial charge in [-0.3, -0.25) is 0 Å². The number of halogens is 1. The molecule has 0 radical (unpaired) electrons. The SMILES string of the molecule is CC1CCCCCN1S(=O)(=O)Cc1cccc(CCl)c1. The number of benzene rings is 1. The Labute approximate surface area is 127 Å². The molecule has 1 saturated heterocycles. The lowest BCUT2D eigenvalue weighted by Crippen LogP contribution is -2.38. The zero-order valence-corrected chi connectivity index (χ0v) is 13.5. The van der Waals surface area contributed by atoms with Crippen molar-refractivity contribution in [3.8, 4) is 0 Å². The summed E-state index contributed by atoms with van der Waals surface area (Å²) in [4.78, 5) is 0. The van der Waals surface area contributed by atoms with E-state index in [4.69, 9.17) is 11.6 Å². The van der Waals surface area contributed by atoms with E-state index in [1.807, 2.05) is 31.2 Å². The third kappa shape index (κ3) is 3.96. The summed E-state index contributed by atoms with van der Waals surface area (Å²) in [6.07, 6.45) is 4.17. The van der Waals surface area contributed by atoms with Gasteiger partial charge in [-0.05, 0) is 30.9 Å². The number of rotatable bonds is 4. The number of hydrogen-bond acceptors (Lipinski definition) is 2. The predicted octanol–water partition coefficient (Wildman–Crippen LogP) is 3.52. The van der Waals surface area contributed by atoms with Crippen molar-refractivity contribution in [2.24, 2.45) is 0 Å². The normalized spacial score (nSPS) is 21.6. The molecule has 0 aliphatic carbocycles. The molecule has 1 fully saturated rings. The van der Waals surface area contributed by atoms with Gasteiger partial charge in [0.2, 0.25) is 10.0 Å². The van der Waals surface area contributed by atoms with Crippen LogP contribution in [0.5, 0.6) is 0 Å². The lowest BCUT2D eigenvalue weighted by Gasteiger charge is -2.26. The lowest BCUT2D eigenvalue weighted by atomic mass is 10.1. The maximum Gasteiger partial charge on any atom is 0.218 e. The summed E-state index contributed by atoms with van der Waals surface area (Å²) >= 11 is 5.80. The predicted molar refractivity (Wildman–Crippen MR) is 83.3 cm³/mol. The van der Waals surface area contributed by atoms with Crippen LogP contribution in [0, 0.1) is 0 Å². The Hall–Kier alpha value is -0.580. The molecular formula is C15H22ClNO2S. The molecule has 20 heavy (non-hydrogen) atoms. The third-order valence-corrected chi connectivity index (χ3v) is 6.11. The molecule has 0 spiro atoms. The summed E-state index contributed by atoms with van der Waals surface area (Å²) in [5.41, 5.74) is 1.78. The van der Waals surface area contributed by atoms with Crippen LogP contribution >= 0.6 is 11.6 Å². The van der Waals surface area contributed by atoms with E-state index < -0.39 is 10.0 Å². The average molecular weight is 316 g/mol. The molecule has 0 N–H and O–H groups in total. The first-order valence-corrected chi connectivity index (χ1v) is 9.30. The topological polar surface area (TPSA) is 37.4 Å². The Morgan fingerprint density at radius 3 is 2.75 bits per heavy atom. The van der Waals surface area contributed by atoms with Crippen molar-refractivity contribution >= 4 is 21.6 Å². The molecule has 1 aliphatic heterocycles. The van der Waals surface area contributed by atoms with Gasteiger partial charge in [0.25, 0.3) is 0 Å². The van der Waals surface area contributed by atoms with Gasteiger partial charge in [0, 0.05) is 18.5 Å². The van der Waals surface area contributed by atoms with E-state index in [2.05, 4.69) is 0 Å². The molecule has 0 saturated carbocycles. The molecule has 1 aliphatic rings. The van der Waals surface area contributed by atoms with E-state index in [0.29, 0.717) is 12.4 Å². The minimum Gasteiger partial charge on any atom is -0.212 e. The number of sulfonamides is 1. The van der Waals surface area contributed by atoms with Crippen LogP contribution in [0.25, 0.3) is 0 Å². The van der Waals surface area contributed by atoms with Gasteiger partial charge in [-0.15, -0.1) is 11.6 Å². The summed E-state index contributed by atoms with van der Waals surface area (Å²) in [5, 5.41) is 0. The lowest BCUT2D eigenvalue weighted by molar-refractivity contribution is 0.341. The zero-order valence-electron chi connectivity index (χ0n) is 11.9. The fourth-order valence-electron chi connectivity index (χ4n) is 2.76. The minimum absolute atomic E-state index is 0.0715. The summed E-state index contributed by atoms with van der Waals surface area (Å²) in [6, 6.07) is 7.63. The molecular weight excluding hydrogens is 294 g/mol. The first-order valence-electron chi connectivity index (χ1n) is 7.16. The summed E-state index contributed by atoms with van der Waals surface area (Å²) in [5.74, 6) is 0.482. The molecule has 0 amide bonds. The Morgan fingerprint density at radius 2 is 2.00 bits per heavy atom. The molecule has 1 atom stereocenters. The van der Waals surface area contributed by atoms with E-state index in [0.717, 1.165) is 36.8 Å².